The summed E-state index contributed by atoms with van der Waals surface area (Å²) in [6.45, 7) is 5.90. The second kappa shape index (κ2) is 6.24. The van der Waals surface area contributed by atoms with E-state index in [2.05, 4.69) is 31.3 Å². The number of hydrogen-bond donors (Lipinski definition) is 1. The van der Waals surface area contributed by atoms with Crippen molar-refractivity contribution in [3.63, 3.8) is 0 Å². The van der Waals surface area contributed by atoms with Crippen LogP contribution in [0.15, 0.2) is 12.1 Å². The van der Waals surface area contributed by atoms with E-state index in [1.54, 1.807) is 7.11 Å². The molecule has 0 radical (unpaired) electrons. The van der Waals surface area contributed by atoms with Gasteiger partial charge in [-0.3, -0.25) is 0 Å². The summed E-state index contributed by atoms with van der Waals surface area (Å²) in [5.41, 5.74) is 2.42. The van der Waals surface area contributed by atoms with Crippen molar-refractivity contribution in [3.8, 4) is 11.5 Å². The maximum atomic E-state index is 5.85. The number of rotatable bonds is 4. The summed E-state index contributed by atoms with van der Waals surface area (Å²) in [5, 5.41) is 3.63. The van der Waals surface area contributed by atoms with Crippen molar-refractivity contribution in [1.29, 1.82) is 0 Å². The van der Waals surface area contributed by atoms with Crippen molar-refractivity contribution in [2.24, 2.45) is 0 Å². The fourth-order valence-corrected chi connectivity index (χ4v) is 3.25. The summed E-state index contributed by atoms with van der Waals surface area (Å²) in [4.78, 5) is 0. The van der Waals surface area contributed by atoms with Crippen molar-refractivity contribution in [2.75, 3.05) is 13.7 Å². The fraction of sp³-hybridized carbons (Fsp3) is 0.647. The highest BCUT2D eigenvalue weighted by atomic mass is 16.5. The summed E-state index contributed by atoms with van der Waals surface area (Å²) < 4.78 is 17.0. The van der Waals surface area contributed by atoms with Crippen molar-refractivity contribution < 1.29 is 14.2 Å². The molecular weight excluding hydrogens is 266 g/mol. The Morgan fingerprint density at radius 1 is 1.29 bits per heavy atom. The van der Waals surface area contributed by atoms with E-state index < -0.39 is 0 Å². The predicted octanol–water partition coefficient (Wildman–Crippen LogP) is 2.68. The summed E-state index contributed by atoms with van der Waals surface area (Å²) in [7, 11) is 1.74. The molecule has 3 unspecified atom stereocenters. The maximum Gasteiger partial charge on any atom is 0.123 e. The normalized spacial score (nSPS) is 28.0. The van der Waals surface area contributed by atoms with Crippen LogP contribution in [0.3, 0.4) is 0 Å². The van der Waals surface area contributed by atoms with Crippen LogP contribution in [-0.2, 0) is 17.7 Å². The van der Waals surface area contributed by atoms with Gasteiger partial charge in [0.1, 0.15) is 17.6 Å². The Hall–Kier alpha value is -1.26. The summed E-state index contributed by atoms with van der Waals surface area (Å²) in [6.07, 6.45) is 3.73. The molecule has 2 aliphatic rings. The Morgan fingerprint density at radius 2 is 2.14 bits per heavy atom. The molecular formula is C17H25NO3. The Labute approximate surface area is 126 Å². The maximum absolute atomic E-state index is 5.85. The van der Waals surface area contributed by atoms with Gasteiger partial charge in [-0.05, 0) is 38.8 Å². The number of methoxy groups -OCH3 is 1. The average molecular weight is 291 g/mol. The van der Waals surface area contributed by atoms with Gasteiger partial charge in [0.05, 0.1) is 13.2 Å². The molecule has 1 saturated heterocycles. The highest BCUT2D eigenvalue weighted by molar-refractivity contribution is 5.48. The molecule has 1 fully saturated rings. The van der Waals surface area contributed by atoms with Crippen LogP contribution in [0.25, 0.3) is 0 Å². The van der Waals surface area contributed by atoms with Gasteiger partial charge in [-0.1, -0.05) is 0 Å². The number of nitrogens with one attached hydrogen (secondary N) is 1. The first-order chi connectivity index (χ1) is 10.2. The predicted molar refractivity (Wildman–Crippen MR) is 82.1 cm³/mol. The minimum atomic E-state index is 0.268. The molecule has 1 aromatic carbocycles. The lowest BCUT2D eigenvalue weighted by atomic mass is 10.0. The highest BCUT2D eigenvalue weighted by Crippen LogP contribution is 2.35. The Balaban J connectivity index is 1.68. The van der Waals surface area contributed by atoms with Crippen molar-refractivity contribution in [1.82, 2.24) is 5.32 Å². The van der Waals surface area contributed by atoms with Gasteiger partial charge in [0.25, 0.3) is 0 Å². The lowest BCUT2D eigenvalue weighted by Crippen LogP contribution is -2.37. The molecule has 0 aromatic heterocycles. The zero-order chi connectivity index (χ0) is 14.8. The van der Waals surface area contributed by atoms with Crippen LogP contribution < -0.4 is 14.8 Å². The second-order valence-corrected chi connectivity index (χ2v) is 6.19. The second-order valence-electron chi connectivity index (χ2n) is 6.19. The molecule has 0 aliphatic carbocycles. The van der Waals surface area contributed by atoms with Gasteiger partial charge in [0, 0.05) is 36.7 Å². The molecule has 0 spiro atoms. The highest BCUT2D eigenvalue weighted by Gasteiger charge is 2.23. The Morgan fingerprint density at radius 3 is 2.90 bits per heavy atom. The van der Waals surface area contributed by atoms with Crippen LogP contribution in [0.1, 0.15) is 37.8 Å². The Bertz CT molecular complexity index is 503. The third-order valence-corrected chi connectivity index (χ3v) is 4.37. The third-order valence-electron chi connectivity index (χ3n) is 4.37. The molecule has 1 N–H and O–H groups in total. The summed E-state index contributed by atoms with van der Waals surface area (Å²) in [6, 6.07) is 4.78. The van der Waals surface area contributed by atoms with E-state index in [4.69, 9.17) is 14.2 Å². The number of hydrogen-bond acceptors (Lipinski definition) is 4. The van der Waals surface area contributed by atoms with Gasteiger partial charge in [-0.25, -0.2) is 0 Å². The van der Waals surface area contributed by atoms with E-state index in [-0.39, 0.29) is 6.10 Å². The lowest BCUT2D eigenvalue weighted by molar-refractivity contribution is 0.0130. The molecule has 4 heteroatoms. The zero-order valence-corrected chi connectivity index (χ0v) is 13.1. The molecule has 0 saturated carbocycles. The number of ether oxygens (including phenoxy) is 3. The molecule has 116 valence electrons. The first kappa shape index (κ1) is 14.7. The average Bonchev–Trinajstić information content (AvgIpc) is 2.83. The van der Waals surface area contributed by atoms with Crippen LogP contribution in [0.2, 0.25) is 0 Å². The molecule has 4 nitrogen and oxygen atoms in total. The van der Waals surface area contributed by atoms with Crippen LogP contribution in [-0.4, -0.2) is 32.0 Å². The SMILES string of the molecule is COc1cc2c(cc1CNC1CCOC(C)C1)OC(C)C2. The minimum absolute atomic E-state index is 0.268. The molecule has 2 heterocycles. The summed E-state index contributed by atoms with van der Waals surface area (Å²) >= 11 is 0. The van der Waals surface area contributed by atoms with Gasteiger partial charge < -0.3 is 19.5 Å². The zero-order valence-electron chi connectivity index (χ0n) is 13.1. The standard InChI is InChI=1S/C17H25NO3/c1-11-7-15(4-5-20-11)18-10-14-9-17-13(6-12(2)21-17)8-16(14)19-3/h8-9,11-12,15,18H,4-7,10H2,1-3H3. The van der Waals surface area contributed by atoms with E-state index >= 15 is 0 Å². The van der Waals surface area contributed by atoms with E-state index in [0.29, 0.717) is 12.1 Å². The molecule has 0 bridgehead atoms. The molecule has 3 atom stereocenters. The van der Waals surface area contributed by atoms with Gasteiger partial charge >= 0.3 is 0 Å². The number of benzene rings is 1. The Kier molecular flexibility index (Phi) is 4.36. The number of fused-ring (bicyclic) bond motifs is 1. The van der Waals surface area contributed by atoms with Crippen molar-refractivity contribution in [2.45, 2.75) is 57.9 Å². The molecule has 2 aliphatic heterocycles. The smallest absolute Gasteiger partial charge is 0.123 e. The molecule has 3 rings (SSSR count). The van der Waals surface area contributed by atoms with Gasteiger partial charge in [-0.15, -0.1) is 0 Å². The molecule has 1 aromatic rings. The quantitative estimate of drug-likeness (QED) is 0.926. The van der Waals surface area contributed by atoms with Crippen LogP contribution >= 0.6 is 0 Å². The van der Waals surface area contributed by atoms with E-state index in [1.807, 2.05) is 0 Å². The molecule has 0 amide bonds. The van der Waals surface area contributed by atoms with Gasteiger partial charge in [0.2, 0.25) is 0 Å². The van der Waals surface area contributed by atoms with Crippen molar-refractivity contribution in [3.05, 3.63) is 23.3 Å². The van der Waals surface area contributed by atoms with E-state index in [0.717, 1.165) is 43.9 Å². The van der Waals surface area contributed by atoms with Crippen LogP contribution in [0.5, 0.6) is 11.5 Å². The fourth-order valence-electron chi connectivity index (χ4n) is 3.25. The third kappa shape index (κ3) is 3.33. The first-order valence-electron chi connectivity index (χ1n) is 7.87. The van der Waals surface area contributed by atoms with Gasteiger partial charge in [-0.2, -0.15) is 0 Å². The largest absolute Gasteiger partial charge is 0.496 e. The first-order valence-corrected chi connectivity index (χ1v) is 7.87. The lowest BCUT2D eigenvalue weighted by Gasteiger charge is -2.28. The topological polar surface area (TPSA) is 39.7 Å². The summed E-state index contributed by atoms with van der Waals surface area (Å²) in [5.74, 6) is 1.97. The monoisotopic (exact) mass is 291 g/mol. The van der Waals surface area contributed by atoms with Crippen LogP contribution in [0.4, 0.5) is 0 Å². The minimum Gasteiger partial charge on any atom is -0.496 e. The molecule has 21 heavy (non-hydrogen) atoms. The van der Waals surface area contributed by atoms with Gasteiger partial charge in [0.15, 0.2) is 0 Å². The van der Waals surface area contributed by atoms with Crippen LogP contribution in [0, 0.1) is 0 Å². The van der Waals surface area contributed by atoms with Crippen molar-refractivity contribution >= 4 is 0 Å². The van der Waals surface area contributed by atoms with E-state index in [1.165, 1.54) is 11.1 Å². The van der Waals surface area contributed by atoms with E-state index in [9.17, 15) is 0 Å².